The van der Waals surface area contributed by atoms with Gasteiger partial charge in [-0.05, 0) is 49.8 Å². The minimum absolute atomic E-state index is 0.0580. The first-order valence-electron chi connectivity index (χ1n) is 10.1. The summed E-state index contributed by atoms with van der Waals surface area (Å²) >= 11 is 3.46. The van der Waals surface area contributed by atoms with Crippen molar-refractivity contribution in [2.75, 3.05) is 7.11 Å². The highest BCUT2D eigenvalue weighted by Crippen LogP contribution is 2.53. The van der Waals surface area contributed by atoms with E-state index in [1.165, 1.54) is 12.1 Å². The van der Waals surface area contributed by atoms with Gasteiger partial charge in [0, 0.05) is 16.4 Å². The van der Waals surface area contributed by atoms with Gasteiger partial charge in [0.2, 0.25) is 5.91 Å². The fourth-order valence-electron chi connectivity index (χ4n) is 4.56. The molecule has 30 heavy (non-hydrogen) atoms. The molecule has 0 radical (unpaired) electrons. The van der Waals surface area contributed by atoms with E-state index in [1.54, 1.807) is 0 Å². The lowest BCUT2D eigenvalue weighted by atomic mass is 9.81. The molecule has 2 amide bonds. The maximum atomic E-state index is 13.5. The van der Waals surface area contributed by atoms with Gasteiger partial charge < -0.3 is 9.72 Å². The number of allylic oxidation sites excluding steroid dienone is 2. The standard InChI is InChI=1S/C22H25BrN4O3/c1-12(2)27(26-22(29)30-3)21(28)19-15-5-4-14(10-15)18(19)20-24-11-17(25-20)13-6-8-16(23)9-7-13/h4-9,11-12,14-15,18-19H,10H2,1-3H3,(H,24,25)(H,26,29)/t14?,15?,18-,19+/m1/s1. The lowest BCUT2D eigenvalue weighted by molar-refractivity contribution is -0.141. The van der Waals surface area contributed by atoms with Gasteiger partial charge in [-0.1, -0.05) is 40.2 Å². The lowest BCUT2D eigenvalue weighted by Crippen LogP contribution is -2.53. The Morgan fingerprint density at radius 3 is 2.60 bits per heavy atom. The summed E-state index contributed by atoms with van der Waals surface area (Å²) in [6.45, 7) is 3.73. The largest absolute Gasteiger partial charge is 0.452 e. The number of imidazole rings is 1. The van der Waals surface area contributed by atoms with Crippen molar-refractivity contribution >= 4 is 27.9 Å². The number of amides is 2. The molecule has 2 aliphatic rings. The Hall–Kier alpha value is -2.61. The highest BCUT2D eigenvalue weighted by Gasteiger charge is 2.51. The smallest absolute Gasteiger partial charge is 0.425 e. The summed E-state index contributed by atoms with van der Waals surface area (Å²) in [5, 5.41) is 1.39. The molecule has 1 heterocycles. The van der Waals surface area contributed by atoms with Gasteiger partial charge in [-0.25, -0.2) is 20.2 Å². The number of nitrogens with one attached hydrogen (secondary N) is 2. The third-order valence-corrected chi connectivity index (χ3v) is 6.49. The number of carbonyl (C=O) groups excluding carboxylic acids is 2. The molecule has 158 valence electrons. The zero-order valence-corrected chi connectivity index (χ0v) is 18.7. The number of fused-ring (bicyclic) bond motifs is 2. The number of rotatable bonds is 4. The molecule has 2 unspecified atom stereocenters. The Morgan fingerprint density at radius 2 is 1.93 bits per heavy atom. The Balaban J connectivity index is 1.62. The summed E-state index contributed by atoms with van der Waals surface area (Å²) in [5.41, 5.74) is 4.53. The number of benzene rings is 1. The lowest BCUT2D eigenvalue weighted by Gasteiger charge is -2.33. The fraction of sp³-hybridized carbons (Fsp3) is 0.409. The normalized spacial score (nSPS) is 24.3. The van der Waals surface area contributed by atoms with Gasteiger partial charge in [0.25, 0.3) is 0 Å². The Labute approximate surface area is 184 Å². The molecule has 1 aromatic heterocycles. The molecular formula is C22H25BrN4O3. The average Bonchev–Trinajstić information content (AvgIpc) is 3.47. The fourth-order valence-corrected chi connectivity index (χ4v) is 4.82. The van der Waals surface area contributed by atoms with Crippen LogP contribution in [0.3, 0.4) is 0 Å². The highest BCUT2D eigenvalue weighted by molar-refractivity contribution is 9.10. The van der Waals surface area contributed by atoms with Crippen molar-refractivity contribution in [3.8, 4) is 11.3 Å². The summed E-state index contributed by atoms with van der Waals surface area (Å²) in [6.07, 6.45) is 6.40. The topological polar surface area (TPSA) is 87.3 Å². The van der Waals surface area contributed by atoms with Gasteiger partial charge >= 0.3 is 6.09 Å². The van der Waals surface area contributed by atoms with Crippen molar-refractivity contribution in [3.05, 3.63) is 52.9 Å². The zero-order chi connectivity index (χ0) is 21.4. The van der Waals surface area contributed by atoms with Crippen molar-refractivity contribution < 1.29 is 14.3 Å². The SMILES string of the molecule is COC(=O)NN(C(=O)[C@H]1C2C=CC(C2)[C@H]1c1ncc(-c2ccc(Br)cc2)[nH]1)C(C)C. The van der Waals surface area contributed by atoms with E-state index in [9.17, 15) is 9.59 Å². The number of aromatic nitrogens is 2. The summed E-state index contributed by atoms with van der Waals surface area (Å²) in [6, 6.07) is 7.81. The van der Waals surface area contributed by atoms with Crippen LogP contribution in [0.5, 0.6) is 0 Å². The van der Waals surface area contributed by atoms with Crippen molar-refractivity contribution in [1.29, 1.82) is 0 Å². The number of nitrogens with zero attached hydrogens (tertiary/aromatic N) is 2. The number of hydrogen-bond acceptors (Lipinski definition) is 4. The van der Waals surface area contributed by atoms with Gasteiger partial charge in [0.1, 0.15) is 5.82 Å². The molecule has 4 atom stereocenters. The molecule has 1 fully saturated rings. The van der Waals surface area contributed by atoms with Crippen LogP contribution < -0.4 is 5.43 Å². The molecule has 7 nitrogen and oxygen atoms in total. The number of hydrazine groups is 1. The number of carbonyl (C=O) groups is 2. The van der Waals surface area contributed by atoms with Crippen LogP contribution in [0.4, 0.5) is 4.79 Å². The predicted molar refractivity (Wildman–Crippen MR) is 116 cm³/mol. The summed E-state index contributed by atoms with van der Waals surface area (Å²) in [5.74, 6) is 0.735. The molecule has 0 saturated heterocycles. The quantitative estimate of drug-likeness (QED) is 0.514. The first kappa shape index (κ1) is 20.7. The van der Waals surface area contributed by atoms with Crippen molar-refractivity contribution in [2.24, 2.45) is 17.8 Å². The molecule has 2 aromatic rings. The molecule has 0 spiro atoms. The molecule has 1 saturated carbocycles. The summed E-state index contributed by atoms with van der Waals surface area (Å²) in [4.78, 5) is 33.4. The predicted octanol–water partition coefficient (Wildman–Crippen LogP) is 4.25. The van der Waals surface area contributed by atoms with Crippen molar-refractivity contribution in [1.82, 2.24) is 20.4 Å². The molecule has 2 bridgehead atoms. The van der Waals surface area contributed by atoms with E-state index >= 15 is 0 Å². The first-order valence-corrected chi connectivity index (χ1v) is 10.8. The van der Waals surface area contributed by atoms with Crippen LogP contribution in [0.1, 0.15) is 32.0 Å². The average molecular weight is 473 g/mol. The van der Waals surface area contributed by atoms with E-state index in [1.807, 2.05) is 44.3 Å². The van der Waals surface area contributed by atoms with Gasteiger partial charge in [-0.3, -0.25) is 4.79 Å². The van der Waals surface area contributed by atoms with E-state index in [0.29, 0.717) is 0 Å². The number of H-pyrrole nitrogens is 1. The Bertz CT molecular complexity index is 969. The van der Waals surface area contributed by atoms with Gasteiger partial charge in [0.15, 0.2) is 0 Å². The van der Waals surface area contributed by atoms with E-state index in [0.717, 1.165) is 28.0 Å². The monoisotopic (exact) mass is 472 g/mol. The van der Waals surface area contributed by atoms with Crippen molar-refractivity contribution in [2.45, 2.75) is 32.2 Å². The molecule has 0 aliphatic heterocycles. The van der Waals surface area contributed by atoms with Crippen LogP contribution in [0, 0.1) is 17.8 Å². The van der Waals surface area contributed by atoms with Crippen molar-refractivity contribution in [3.63, 3.8) is 0 Å². The molecule has 8 heteroatoms. The van der Waals surface area contributed by atoms with Crippen LogP contribution in [0.2, 0.25) is 0 Å². The molecule has 2 aliphatic carbocycles. The number of halogens is 1. The summed E-state index contributed by atoms with van der Waals surface area (Å²) in [7, 11) is 1.29. The van der Waals surface area contributed by atoms with Gasteiger partial charge in [-0.2, -0.15) is 0 Å². The Morgan fingerprint density at radius 1 is 1.23 bits per heavy atom. The second kappa shape index (κ2) is 8.26. The number of ether oxygens (including phenoxy) is 1. The number of aromatic amines is 1. The molecule has 2 N–H and O–H groups in total. The molecule has 1 aromatic carbocycles. The maximum absolute atomic E-state index is 13.5. The van der Waals surface area contributed by atoms with E-state index in [-0.39, 0.29) is 35.6 Å². The van der Waals surface area contributed by atoms with E-state index in [2.05, 4.69) is 43.5 Å². The van der Waals surface area contributed by atoms with E-state index in [4.69, 9.17) is 4.74 Å². The highest BCUT2D eigenvalue weighted by atomic mass is 79.9. The third-order valence-electron chi connectivity index (χ3n) is 5.96. The first-order chi connectivity index (χ1) is 14.4. The van der Waals surface area contributed by atoms with Crippen LogP contribution in [0.15, 0.2) is 47.1 Å². The minimum Gasteiger partial charge on any atom is -0.452 e. The number of methoxy groups -OCH3 is 1. The van der Waals surface area contributed by atoms with Crippen LogP contribution in [0.25, 0.3) is 11.3 Å². The molecule has 4 rings (SSSR count). The van der Waals surface area contributed by atoms with Crippen LogP contribution in [-0.4, -0.2) is 40.1 Å². The third kappa shape index (κ3) is 3.76. The zero-order valence-electron chi connectivity index (χ0n) is 17.1. The summed E-state index contributed by atoms with van der Waals surface area (Å²) < 4.78 is 5.71. The second-order valence-corrected chi connectivity index (χ2v) is 9.01. The second-order valence-electron chi connectivity index (χ2n) is 8.09. The number of hydrogen-bond donors (Lipinski definition) is 2. The maximum Gasteiger partial charge on any atom is 0.425 e. The van der Waals surface area contributed by atoms with E-state index < -0.39 is 6.09 Å². The van der Waals surface area contributed by atoms with Gasteiger partial charge in [-0.15, -0.1) is 0 Å². The molecular weight excluding hydrogens is 448 g/mol. The van der Waals surface area contributed by atoms with Gasteiger partial charge in [0.05, 0.1) is 24.9 Å². The van der Waals surface area contributed by atoms with Crippen LogP contribution in [-0.2, 0) is 9.53 Å². The minimum atomic E-state index is -0.650. The Kier molecular flexibility index (Phi) is 5.69. The van der Waals surface area contributed by atoms with Crippen LogP contribution >= 0.6 is 15.9 Å².